The lowest BCUT2D eigenvalue weighted by Crippen LogP contribution is -2.39. The van der Waals surface area contributed by atoms with Crippen LogP contribution in [-0.4, -0.2) is 35.7 Å². The Kier molecular flexibility index (Phi) is 7.82. The van der Waals surface area contributed by atoms with E-state index in [9.17, 15) is 9.59 Å². The molecule has 0 bridgehead atoms. The van der Waals surface area contributed by atoms with E-state index in [1.807, 2.05) is 54.6 Å². The van der Waals surface area contributed by atoms with Gasteiger partial charge in [-0.25, -0.2) is 0 Å². The number of fused-ring (bicyclic) bond motifs is 1. The second-order valence-electron chi connectivity index (χ2n) is 8.66. The molecule has 1 saturated heterocycles. The van der Waals surface area contributed by atoms with Gasteiger partial charge in [0.2, 0.25) is 0 Å². The molecule has 1 atom stereocenters. The summed E-state index contributed by atoms with van der Waals surface area (Å²) in [5.74, 6) is 0.0336. The van der Waals surface area contributed by atoms with Crippen molar-refractivity contribution < 1.29 is 9.59 Å². The molecule has 0 saturated carbocycles. The van der Waals surface area contributed by atoms with Gasteiger partial charge in [0.15, 0.2) is 5.78 Å². The number of carbonyl (C=O) groups excluding carboxylic acids is 2. The molecule has 2 heterocycles. The van der Waals surface area contributed by atoms with E-state index in [-0.39, 0.29) is 11.7 Å². The van der Waals surface area contributed by atoms with Crippen LogP contribution in [0.15, 0.2) is 58.3 Å². The van der Waals surface area contributed by atoms with Crippen LogP contribution in [0.4, 0.5) is 5.69 Å². The Labute approximate surface area is 195 Å². The minimum Gasteiger partial charge on any atom is -0.320 e. The van der Waals surface area contributed by atoms with Crippen LogP contribution in [0, 0.1) is 0 Å². The molecule has 2 aromatic carbocycles. The molecule has 0 spiro atoms. The number of thioether (sulfide) groups is 1. The van der Waals surface area contributed by atoms with Crippen molar-refractivity contribution >= 4 is 35.2 Å². The number of piperidine rings is 1. The molecule has 1 amide bonds. The normalized spacial score (nSPS) is 20.1. The summed E-state index contributed by atoms with van der Waals surface area (Å²) >= 11 is 1.45. The van der Waals surface area contributed by atoms with Gasteiger partial charge in [0.1, 0.15) is 0 Å². The third-order valence-corrected chi connectivity index (χ3v) is 7.51. The first-order valence-electron chi connectivity index (χ1n) is 11.8. The third kappa shape index (κ3) is 5.70. The van der Waals surface area contributed by atoms with Crippen LogP contribution >= 0.6 is 11.8 Å². The summed E-state index contributed by atoms with van der Waals surface area (Å²) in [6.45, 7) is 4.58. The highest BCUT2D eigenvalue weighted by atomic mass is 32.2. The van der Waals surface area contributed by atoms with Crippen molar-refractivity contribution in [1.82, 2.24) is 4.90 Å². The molecule has 4 nitrogen and oxygen atoms in total. The molecule has 1 fully saturated rings. The van der Waals surface area contributed by atoms with Crippen LogP contribution in [0.1, 0.15) is 67.8 Å². The van der Waals surface area contributed by atoms with Gasteiger partial charge in [-0.05, 0) is 69.0 Å². The molecular formula is C27H32N2O2S. The van der Waals surface area contributed by atoms with Crippen molar-refractivity contribution in [2.75, 3.05) is 18.4 Å². The number of hydrogen-bond donors (Lipinski definition) is 1. The van der Waals surface area contributed by atoms with Crippen LogP contribution < -0.4 is 5.32 Å². The smallest absolute Gasteiger partial charge is 0.262 e. The predicted octanol–water partition coefficient (Wildman–Crippen LogP) is 6.39. The Bertz CT molecular complexity index is 986. The maximum atomic E-state index is 12.7. The quantitative estimate of drug-likeness (QED) is 0.289. The topological polar surface area (TPSA) is 49.4 Å². The molecule has 2 aromatic rings. The molecule has 168 valence electrons. The van der Waals surface area contributed by atoms with Gasteiger partial charge in [0, 0.05) is 22.9 Å². The molecule has 0 aliphatic carbocycles. The van der Waals surface area contributed by atoms with Crippen LogP contribution in [0.25, 0.3) is 6.08 Å². The molecular weight excluding hydrogens is 416 g/mol. The molecule has 0 aromatic heterocycles. The molecule has 2 aliphatic rings. The number of nitrogens with one attached hydrogen (secondary N) is 1. The fourth-order valence-electron chi connectivity index (χ4n) is 4.60. The summed E-state index contributed by atoms with van der Waals surface area (Å²) in [6.07, 6.45) is 9.62. The first-order valence-corrected chi connectivity index (χ1v) is 12.6. The lowest BCUT2D eigenvalue weighted by molar-refractivity contribution is -0.112. The third-order valence-electron chi connectivity index (χ3n) is 6.41. The number of likely N-dealkylation sites (tertiary alicyclic amines) is 1. The Morgan fingerprint density at radius 2 is 2.00 bits per heavy atom. The fraction of sp³-hybridized carbons (Fsp3) is 0.407. The zero-order valence-corrected chi connectivity index (χ0v) is 19.6. The van der Waals surface area contributed by atoms with Gasteiger partial charge in [-0.15, -0.1) is 0 Å². The van der Waals surface area contributed by atoms with Gasteiger partial charge >= 0.3 is 0 Å². The zero-order valence-electron chi connectivity index (χ0n) is 18.8. The number of amides is 1. The summed E-state index contributed by atoms with van der Waals surface area (Å²) < 4.78 is 0. The van der Waals surface area contributed by atoms with Crippen molar-refractivity contribution in [1.29, 1.82) is 0 Å². The Hall–Kier alpha value is -2.37. The van der Waals surface area contributed by atoms with Crippen molar-refractivity contribution in [2.45, 2.75) is 62.8 Å². The Morgan fingerprint density at radius 3 is 2.81 bits per heavy atom. The maximum Gasteiger partial charge on any atom is 0.262 e. The van der Waals surface area contributed by atoms with E-state index < -0.39 is 0 Å². The van der Waals surface area contributed by atoms with E-state index in [0.717, 1.165) is 41.6 Å². The second kappa shape index (κ2) is 11.0. The highest BCUT2D eigenvalue weighted by Crippen LogP contribution is 2.39. The van der Waals surface area contributed by atoms with Gasteiger partial charge < -0.3 is 10.2 Å². The van der Waals surface area contributed by atoms with E-state index in [0.29, 0.717) is 16.9 Å². The standard InChI is InChI=1S/C27H32N2O2S/c1-2-22-12-6-8-16-29(22)17-9-7-13-24(30)21-14-15-25-23(19-21)28-27(31)26(32-25)18-20-10-4-3-5-11-20/h3-5,10-11,14-15,18-19,22H,2,6-9,12-13,16-17H2,1H3,(H,28,31)/b26-18-. The van der Waals surface area contributed by atoms with Crippen molar-refractivity contribution in [3.05, 3.63) is 64.6 Å². The number of rotatable bonds is 8. The summed E-state index contributed by atoms with van der Waals surface area (Å²) in [5, 5.41) is 2.96. The van der Waals surface area contributed by atoms with Crippen molar-refractivity contribution in [3.8, 4) is 0 Å². The highest BCUT2D eigenvalue weighted by molar-refractivity contribution is 8.04. The number of nitrogens with zero attached hydrogens (tertiary/aromatic N) is 1. The number of unbranched alkanes of at least 4 members (excludes halogenated alkanes) is 1. The van der Waals surface area contributed by atoms with E-state index in [4.69, 9.17) is 0 Å². The van der Waals surface area contributed by atoms with E-state index in [2.05, 4.69) is 17.1 Å². The number of Topliss-reactive ketones (excluding diaryl/α,β-unsaturated/α-hetero) is 1. The fourth-order valence-corrected chi connectivity index (χ4v) is 5.53. The van der Waals surface area contributed by atoms with Gasteiger partial charge in [0.25, 0.3) is 5.91 Å². The Balaban J connectivity index is 1.32. The van der Waals surface area contributed by atoms with Crippen LogP contribution in [0.2, 0.25) is 0 Å². The lowest BCUT2D eigenvalue weighted by Gasteiger charge is -2.35. The van der Waals surface area contributed by atoms with Crippen LogP contribution in [0.3, 0.4) is 0 Å². The minimum atomic E-state index is -0.122. The molecule has 1 unspecified atom stereocenters. The predicted molar refractivity (Wildman–Crippen MR) is 133 cm³/mol. The summed E-state index contributed by atoms with van der Waals surface area (Å²) in [7, 11) is 0. The first kappa shape index (κ1) is 22.8. The highest BCUT2D eigenvalue weighted by Gasteiger charge is 2.23. The van der Waals surface area contributed by atoms with Gasteiger partial charge in [-0.2, -0.15) is 0 Å². The number of benzene rings is 2. The zero-order chi connectivity index (χ0) is 22.3. The SMILES string of the molecule is CCC1CCCCN1CCCCC(=O)c1ccc2c(c1)NC(=O)/C(=C/c1ccccc1)S2. The monoisotopic (exact) mass is 448 g/mol. The van der Waals surface area contributed by atoms with Crippen molar-refractivity contribution in [2.24, 2.45) is 0 Å². The average Bonchev–Trinajstić information content (AvgIpc) is 2.82. The van der Waals surface area contributed by atoms with Gasteiger partial charge in [0.05, 0.1) is 10.6 Å². The lowest BCUT2D eigenvalue weighted by atomic mass is 9.99. The molecule has 32 heavy (non-hydrogen) atoms. The first-order chi connectivity index (χ1) is 15.6. The van der Waals surface area contributed by atoms with Gasteiger partial charge in [-0.1, -0.05) is 61.5 Å². The van der Waals surface area contributed by atoms with Crippen molar-refractivity contribution in [3.63, 3.8) is 0 Å². The average molecular weight is 449 g/mol. The number of carbonyl (C=O) groups is 2. The number of hydrogen-bond acceptors (Lipinski definition) is 4. The maximum absolute atomic E-state index is 12.7. The molecule has 2 aliphatic heterocycles. The molecule has 0 radical (unpaired) electrons. The molecule has 4 rings (SSSR count). The second-order valence-corrected chi connectivity index (χ2v) is 9.74. The van der Waals surface area contributed by atoms with E-state index in [1.165, 1.54) is 44.0 Å². The summed E-state index contributed by atoms with van der Waals surface area (Å²) in [4.78, 5) is 29.6. The summed E-state index contributed by atoms with van der Waals surface area (Å²) in [6, 6.07) is 16.2. The molecule has 1 N–H and O–H groups in total. The van der Waals surface area contributed by atoms with E-state index >= 15 is 0 Å². The van der Waals surface area contributed by atoms with Gasteiger partial charge in [-0.3, -0.25) is 9.59 Å². The van der Waals surface area contributed by atoms with Crippen LogP contribution in [0.5, 0.6) is 0 Å². The van der Waals surface area contributed by atoms with Crippen LogP contribution in [-0.2, 0) is 4.79 Å². The minimum absolute atomic E-state index is 0.122. The number of ketones is 1. The van der Waals surface area contributed by atoms with E-state index in [1.54, 1.807) is 0 Å². The largest absolute Gasteiger partial charge is 0.320 e. The molecule has 5 heteroatoms. The summed E-state index contributed by atoms with van der Waals surface area (Å²) in [5.41, 5.74) is 2.41. The Morgan fingerprint density at radius 1 is 1.16 bits per heavy atom. The number of anilines is 1.